The summed E-state index contributed by atoms with van der Waals surface area (Å²) >= 11 is 0. The van der Waals surface area contributed by atoms with Crippen molar-refractivity contribution in [1.29, 1.82) is 0 Å². The summed E-state index contributed by atoms with van der Waals surface area (Å²) in [5, 5.41) is 0. The number of imidazole rings is 2. The van der Waals surface area contributed by atoms with E-state index in [1.54, 1.807) is 0 Å². The third kappa shape index (κ3) is 5.70. The van der Waals surface area contributed by atoms with Crippen LogP contribution in [0, 0.1) is 0 Å². The van der Waals surface area contributed by atoms with E-state index in [2.05, 4.69) is 58.5 Å². The molecule has 4 aromatic carbocycles. The van der Waals surface area contributed by atoms with Crippen LogP contribution in [-0.4, -0.2) is 54.6 Å². The van der Waals surface area contributed by atoms with Crippen molar-refractivity contribution in [2.45, 2.75) is 37.8 Å². The molecular weight excluding hydrogens is 596 g/mol. The van der Waals surface area contributed by atoms with Crippen molar-refractivity contribution in [3.8, 4) is 33.6 Å². The number of carbonyl (C=O) groups is 2. The van der Waals surface area contributed by atoms with E-state index in [4.69, 9.17) is 9.97 Å². The highest BCUT2D eigenvalue weighted by Crippen LogP contribution is 2.35. The zero-order chi connectivity index (χ0) is 32.5. The van der Waals surface area contributed by atoms with Crippen molar-refractivity contribution in [2.24, 2.45) is 0 Å². The number of amides is 2. The number of likely N-dealkylation sites (tertiary alicyclic amines) is 2. The highest BCUT2D eigenvalue weighted by molar-refractivity contribution is 5.95. The van der Waals surface area contributed by atoms with Gasteiger partial charge in [-0.15, -0.1) is 0 Å². The first-order valence-corrected chi connectivity index (χ1v) is 16.7. The van der Waals surface area contributed by atoms with E-state index in [1.807, 2.05) is 82.9 Å². The summed E-state index contributed by atoms with van der Waals surface area (Å²) < 4.78 is 0. The van der Waals surface area contributed by atoms with Gasteiger partial charge < -0.3 is 19.8 Å². The van der Waals surface area contributed by atoms with Gasteiger partial charge in [-0.25, -0.2) is 9.97 Å². The van der Waals surface area contributed by atoms with Gasteiger partial charge in [0.2, 0.25) is 0 Å². The molecule has 0 aliphatic carbocycles. The number of rotatable bonds is 7. The quantitative estimate of drug-likeness (QED) is 0.186. The maximum absolute atomic E-state index is 13.2. The summed E-state index contributed by atoms with van der Waals surface area (Å²) in [7, 11) is 0. The lowest BCUT2D eigenvalue weighted by Crippen LogP contribution is -2.31. The Kier molecular flexibility index (Phi) is 7.90. The lowest BCUT2D eigenvalue weighted by Gasteiger charge is -2.23. The standard InChI is InChI=1S/C40H36N6O2/c47-39(31-9-3-1-4-10-31)45-23-7-13-35(45)37-41-25-33(43-37)29-19-15-27(16-20-29)28-17-21-30(22-18-28)34-26-42-38(44-34)36-14-8-24-46(36)40(48)32-11-5-2-6-12-32/h1-6,9-12,15-22,25-26,35-36H,7-8,13-14,23-24H2,(H,41,43)(H,42,44)/t35-,36-/m0/s1. The first-order chi connectivity index (χ1) is 23.6. The molecule has 2 aliphatic rings. The Balaban J connectivity index is 0.938. The van der Waals surface area contributed by atoms with E-state index in [1.165, 1.54) is 0 Å². The van der Waals surface area contributed by atoms with Crippen molar-refractivity contribution in [2.75, 3.05) is 13.1 Å². The number of aromatic amines is 2. The van der Waals surface area contributed by atoms with Crippen LogP contribution in [0.5, 0.6) is 0 Å². The minimum atomic E-state index is -0.0518. The van der Waals surface area contributed by atoms with Gasteiger partial charge in [-0.2, -0.15) is 0 Å². The molecule has 0 radical (unpaired) electrons. The monoisotopic (exact) mass is 632 g/mol. The first-order valence-electron chi connectivity index (χ1n) is 16.7. The number of hydrogen-bond acceptors (Lipinski definition) is 4. The van der Waals surface area contributed by atoms with Crippen molar-refractivity contribution in [3.63, 3.8) is 0 Å². The van der Waals surface area contributed by atoms with E-state index in [9.17, 15) is 9.59 Å². The molecule has 48 heavy (non-hydrogen) atoms. The van der Waals surface area contributed by atoms with Gasteiger partial charge in [0.05, 0.1) is 35.9 Å². The second kappa shape index (κ2) is 12.8. The highest BCUT2D eigenvalue weighted by Gasteiger charge is 2.33. The van der Waals surface area contributed by atoms with Crippen LogP contribution < -0.4 is 0 Å². The Morgan fingerprint density at radius 2 is 0.896 bits per heavy atom. The molecule has 238 valence electrons. The molecule has 8 nitrogen and oxygen atoms in total. The number of H-pyrrole nitrogens is 2. The number of nitrogens with zero attached hydrogens (tertiary/aromatic N) is 4. The lowest BCUT2D eigenvalue weighted by atomic mass is 10.0. The summed E-state index contributed by atoms with van der Waals surface area (Å²) in [5.74, 6) is 1.76. The van der Waals surface area contributed by atoms with Crippen LogP contribution in [0.15, 0.2) is 122 Å². The Bertz CT molecular complexity index is 1880. The van der Waals surface area contributed by atoms with Gasteiger partial charge in [-0.1, -0.05) is 84.9 Å². The van der Waals surface area contributed by atoms with Gasteiger partial charge in [0.25, 0.3) is 11.8 Å². The molecule has 2 amide bonds. The van der Waals surface area contributed by atoms with Crippen LogP contribution in [0.1, 0.15) is 70.1 Å². The van der Waals surface area contributed by atoms with Gasteiger partial charge in [0.1, 0.15) is 11.6 Å². The minimum absolute atomic E-state index is 0.0511. The first kappa shape index (κ1) is 29.6. The second-order valence-corrected chi connectivity index (χ2v) is 12.6. The number of aromatic nitrogens is 4. The largest absolute Gasteiger partial charge is 0.340 e. The van der Waals surface area contributed by atoms with Crippen molar-refractivity contribution >= 4 is 11.8 Å². The number of benzene rings is 4. The Labute approximate surface area is 279 Å². The molecular formula is C40H36N6O2. The average molecular weight is 633 g/mol. The molecule has 8 heteroatoms. The fourth-order valence-electron chi connectivity index (χ4n) is 7.07. The zero-order valence-electron chi connectivity index (χ0n) is 26.5. The van der Waals surface area contributed by atoms with E-state index in [0.29, 0.717) is 11.1 Å². The van der Waals surface area contributed by atoms with Gasteiger partial charge >= 0.3 is 0 Å². The predicted octanol–water partition coefficient (Wildman–Crippen LogP) is 8.09. The van der Waals surface area contributed by atoms with Crippen molar-refractivity contribution < 1.29 is 9.59 Å². The molecule has 2 aromatic heterocycles. The van der Waals surface area contributed by atoms with Crippen LogP contribution in [0.25, 0.3) is 33.6 Å². The molecule has 2 atom stereocenters. The fourth-order valence-corrected chi connectivity index (χ4v) is 7.07. The van der Waals surface area contributed by atoms with Crippen molar-refractivity contribution in [1.82, 2.24) is 29.7 Å². The van der Waals surface area contributed by atoms with Crippen LogP contribution in [0.2, 0.25) is 0 Å². The molecule has 8 rings (SSSR count). The minimum Gasteiger partial charge on any atom is -0.340 e. The third-order valence-electron chi connectivity index (χ3n) is 9.62. The lowest BCUT2D eigenvalue weighted by molar-refractivity contribution is 0.0723. The third-order valence-corrected chi connectivity index (χ3v) is 9.62. The van der Waals surface area contributed by atoms with Gasteiger partial charge in [-0.05, 0) is 72.2 Å². The topological polar surface area (TPSA) is 98.0 Å². The van der Waals surface area contributed by atoms with Gasteiger partial charge in [0.15, 0.2) is 0 Å². The smallest absolute Gasteiger partial charge is 0.254 e. The summed E-state index contributed by atoms with van der Waals surface area (Å²) in [4.78, 5) is 46.6. The molecule has 4 heterocycles. The molecule has 6 aromatic rings. The average Bonchev–Trinajstić information content (AvgIpc) is 3.99. The van der Waals surface area contributed by atoms with Crippen LogP contribution in [0.4, 0.5) is 0 Å². The van der Waals surface area contributed by atoms with E-state index >= 15 is 0 Å². The molecule has 0 bridgehead atoms. The Hall–Kier alpha value is -5.76. The molecule has 2 saturated heterocycles. The van der Waals surface area contributed by atoms with E-state index < -0.39 is 0 Å². The SMILES string of the molecule is O=C(c1ccccc1)N1CCC[C@H]1c1ncc(-c2ccc(-c3ccc(-c4cnc([C@@H]5CCCN5C(=O)c5ccccc5)[nH]4)cc3)cc2)[nH]1. The Morgan fingerprint density at radius 3 is 1.29 bits per heavy atom. The summed E-state index contributed by atoms with van der Waals surface area (Å²) in [5.41, 5.74) is 7.62. The fraction of sp³-hybridized carbons (Fsp3) is 0.200. The van der Waals surface area contributed by atoms with Crippen LogP contribution >= 0.6 is 0 Å². The number of hydrogen-bond donors (Lipinski definition) is 2. The Morgan fingerprint density at radius 1 is 0.521 bits per heavy atom. The number of nitrogens with one attached hydrogen (secondary N) is 2. The molecule has 0 saturated carbocycles. The van der Waals surface area contributed by atoms with Gasteiger partial charge in [0, 0.05) is 24.2 Å². The summed E-state index contributed by atoms with van der Waals surface area (Å²) in [6.07, 6.45) is 7.44. The predicted molar refractivity (Wildman–Crippen MR) is 186 cm³/mol. The number of carbonyl (C=O) groups excluding carboxylic acids is 2. The maximum Gasteiger partial charge on any atom is 0.254 e. The molecule has 2 N–H and O–H groups in total. The summed E-state index contributed by atoms with van der Waals surface area (Å²) in [6.45, 7) is 1.47. The van der Waals surface area contributed by atoms with E-state index in [-0.39, 0.29) is 23.9 Å². The maximum atomic E-state index is 13.2. The van der Waals surface area contributed by atoms with Crippen LogP contribution in [0.3, 0.4) is 0 Å². The second-order valence-electron chi connectivity index (χ2n) is 12.6. The molecule has 0 unspecified atom stereocenters. The molecule has 2 fully saturated rings. The zero-order valence-corrected chi connectivity index (χ0v) is 26.5. The van der Waals surface area contributed by atoms with Crippen LogP contribution in [-0.2, 0) is 0 Å². The summed E-state index contributed by atoms with van der Waals surface area (Å²) in [6, 6.07) is 35.7. The highest BCUT2D eigenvalue weighted by atomic mass is 16.2. The normalized spacial score (nSPS) is 17.6. The molecule has 0 spiro atoms. The van der Waals surface area contributed by atoms with E-state index in [0.717, 1.165) is 84.1 Å². The van der Waals surface area contributed by atoms with Crippen molar-refractivity contribution in [3.05, 3.63) is 144 Å². The molecule has 2 aliphatic heterocycles. The van der Waals surface area contributed by atoms with Gasteiger partial charge in [-0.3, -0.25) is 9.59 Å².